The number of halogens is 1. The van der Waals surface area contributed by atoms with Gasteiger partial charge in [-0.15, -0.1) is 0 Å². The van der Waals surface area contributed by atoms with Gasteiger partial charge in [0.1, 0.15) is 5.82 Å². The fourth-order valence-corrected chi connectivity index (χ4v) is 2.15. The lowest BCUT2D eigenvalue weighted by atomic mass is 10.2. The highest BCUT2D eigenvalue weighted by Gasteiger charge is 2.16. The third-order valence-electron chi connectivity index (χ3n) is 3.11. The molecule has 0 aromatic heterocycles. The van der Waals surface area contributed by atoms with E-state index in [0.717, 1.165) is 12.8 Å². The molecule has 0 unspecified atom stereocenters. The fourth-order valence-electron chi connectivity index (χ4n) is 2.15. The third kappa shape index (κ3) is 3.19. The van der Waals surface area contributed by atoms with Crippen LogP contribution < -0.4 is 10.6 Å². The molecule has 1 aromatic rings. The maximum Gasteiger partial charge on any atom is 0.319 e. The fraction of sp³-hybridized carbons (Fsp3) is 0.462. The smallest absolute Gasteiger partial charge is 0.319 e. The Morgan fingerprint density at radius 3 is 2.71 bits per heavy atom. The lowest BCUT2D eigenvalue weighted by Gasteiger charge is -2.13. The summed E-state index contributed by atoms with van der Waals surface area (Å²) < 4.78 is 13.0. The average Bonchev–Trinajstić information content (AvgIpc) is 2.76. The number of carbonyl (C=O) groups is 1. The van der Waals surface area contributed by atoms with Crippen LogP contribution in [-0.4, -0.2) is 12.1 Å². The van der Waals surface area contributed by atoms with Gasteiger partial charge in [-0.1, -0.05) is 12.8 Å². The van der Waals surface area contributed by atoms with E-state index in [-0.39, 0.29) is 17.9 Å². The van der Waals surface area contributed by atoms with Crippen molar-refractivity contribution in [3.05, 3.63) is 29.6 Å². The van der Waals surface area contributed by atoms with E-state index >= 15 is 0 Å². The van der Waals surface area contributed by atoms with Crippen molar-refractivity contribution in [2.45, 2.75) is 38.6 Å². The van der Waals surface area contributed by atoms with Crippen LogP contribution in [0.1, 0.15) is 31.2 Å². The molecule has 0 bridgehead atoms. The first-order valence-electron chi connectivity index (χ1n) is 5.99. The molecule has 4 heteroatoms. The first-order valence-corrected chi connectivity index (χ1v) is 5.99. The number of aryl methyl sites for hydroxylation is 1. The Bertz CT molecular complexity index is 414. The van der Waals surface area contributed by atoms with Gasteiger partial charge in [-0.05, 0) is 43.5 Å². The highest BCUT2D eigenvalue weighted by Crippen LogP contribution is 2.18. The first kappa shape index (κ1) is 11.9. The van der Waals surface area contributed by atoms with E-state index in [2.05, 4.69) is 10.6 Å². The molecule has 1 fully saturated rings. The second-order valence-electron chi connectivity index (χ2n) is 4.54. The summed E-state index contributed by atoms with van der Waals surface area (Å²) in [6.45, 7) is 1.68. The summed E-state index contributed by atoms with van der Waals surface area (Å²) in [7, 11) is 0. The van der Waals surface area contributed by atoms with Crippen LogP contribution in [-0.2, 0) is 0 Å². The van der Waals surface area contributed by atoms with Crippen LogP contribution in [0.3, 0.4) is 0 Å². The van der Waals surface area contributed by atoms with Gasteiger partial charge < -0.3 is 10.6 Å². The number of urea groups is 1. The molecular weight excluding hydrogens is 219 g/mol. The van der Waals surface area contributed by atoms with Crippen molar-refractivity contribution in [2.24, 2.45) is 0 Å². The van der Waals surface area contributed by atoms with E-state index in [1.54, 1.807) is 19.1 Å². The molecule has 3 nitrogen and oxygen atoms in total. The molecule has 0 spiro atoms. The number of hydrogen-bond acceptors (Lipinski definition) is 1. The number of carbonyl (C=O) groups excluding carboxylic acids is 1. The molecule has 1 aliphatic carbocycles. The van der Waals surface area contributed by atoms with Gasteiger partial charge >= 0.3 is 6.03 Å². The predicted octanol–water partition coefficient (Wildman–Crippen LogP) is 3.20. The van der Waals surface area contributed by atoms with Crippen LogP contribution in [0.25, 0.3) is 0 Å². The molecule has 2 N–H and O–H groups in total. The van der Waals surface area contributed by atoms with Gasteiger partial charge in [0.2, 0.25) is 0 Å². The maximum atomic E-state index is 13.0. The summed E-state index contributed by atoms with van der Waals surface area (Å²) in [6, 6.07) is 4.64. The van der Waals surface area contributed by atoms with Gasteiger partial charge in [0.05, 0.1) is 0 Å². The second kappa shape index (κ2) is 5.17. The Morgan fingerprint density at radius 1 is 1.35 bits per heavy atom. The molecule has 0 heterocycles. The van der Waals surface area contributed by atoms with Crippen molar-refractivity contribution in [1.82, 2.24) is 5.32 Å². The minimum absolute atomic E-state index is 0.206. The number of amides is 2. The van der Waals surface area contributed by atoms with Gasteiger partial charge in [-0.2, -0.15) is 0 Å². The molecule has 0 atom stereocenters. The lowest BCUT2D eigenvalue weighted by molar-refractivity contribution is 0.248. The summed E-state index contributed by atoms with van der Waals surface area (Å²) in [5.41, 5.74) is 1.16. The topological polar surface area (TPSA) is 41.1 Å². The molecule has 0 radical (unpaired) electrons. The Balaban J connectivity index is 1.90. The van der Waals surface area contributed by atoms with Crippen LogP contribution in [0.4, 0.5) is 14.9 Å². The van der Waals surface area contributed by atoms with Gasteiger partial charge in [0.25, 0.3) is 0 Å². The molecule has 2 rings (SSSR count). The zero-order valence-electron chi connectivity index (χ0n) is 9.92. The van der Waals surface area contributed by atoms with Crippen molar-refractivity contribution >= 4 is 11.7 Å². The van der Waals surface area contributed by atoms with Crippen molar-refractivity contribution in [2.75, 3.05) is 5.32 Å². The van der Waals surface area contributed by atoms with E-state index in [1.807, 2.05) is 0 Å². The summed E-state index contributed by atoms with van der Waals surface area (Å²) >= 11 is 0. The van der Waals surface area contributed by atoms with E-state index in [4.69, 9.17) is 0 Å². The molecule has 17 heavy (non-hydrogen) atoms. The lowest BCUT2D eigenvalue weighted by Crippen LogP contribution is -2.36. The predicted molar refractivity (Wildman–Crippen MR) is 65.5 cm³/mol. The van der Waals surface area contributed by atoms with Crippen molar-refractivity contribution < 1.29 is 9.18 Å². The van der Waals surface area contributed by atoms with Crippen molar-refractivity contribution in [1.29, 1.82) is 0 Å². The minimum Gasteiger partial charge on any atom is -0.335 e. The Hall–Kier alpha value is -1.58. The van der Waals surface area contributed by atoms with Gasteiger partial charge in [0.15, 0.2) is 0 Å². The summed E-state index contributed by atoms with van der Waals surface area (Å²) in [4.78, 5) is 11.6. The molecule has 1 aliphatic rings. The van der Waals surface area contributed by atoms with E-state index < -0.39 is 0 Å². The van der Waals surface area contributed by atoms with Gasteiger partial charge in [-0.3, -0.25) is 0 Å². The van der Waals surface area contributed by atoms with Crippen molar-refractivity contribution in [3.63, 3.8) is 0 Å². The highest BCUT2D eigenvalue weighted by atomic mass is 19.1. The van der Waals surface area contributed by atoms with Crippen LogP contribution >= 0.6 is 0 Å². The summed E-state index contributed by atoms with van der Waals surface area (Å²) in [6.07, 6.45) is 4.47. The quantitative estimate of drug-likeness (QED) is 0.813. The van der Waals surface area contributed by atoms with Crippen LogP contribution in [0, 0.1) is 12.7 Å². The van der Waals surface area contributed by atoms with E-state index in [9.17, 15) is 9.18 Å². The molecular formula is C13H17FN2O. The first-order chi connectivity index (χ1) is 8.15. The van der Waals surface area contributed by atoms with Gasteiger partial charge in [0, 0.05) is 11.7 Å². The van der Waals surface area contributed by atoms with Gasteiger partial charge in [-0.25, -0.2) is 9.18 Å². The van der Waals surface area contributed by atoms with Crippen LogP contribution in [0.5, 0.6) is 0 Å². The molecule has 1 aromatic carbocycles. The SMILES string of the molecule is Cc1cc(NC(=O)NC2CCCC2)ccc1F. The van der Waals surface area contributed by atoms with Crippen LogP contribution in [0.15, 0.2) is 18.2 Å². The normalized spacial score (nSPS) is 15.9. The number of rotatable bonds is 2. The average molecular weight is 236 g/mol. The van der Waals surface area contributed by atoms with E-state index in [1.165, 1.54) is 18.9 Å². The zero-order valence-corrected chi connectivity index (χ0v) is 9.92. The maximum absolute atomic E-state index is 13.0. The number of hydrogen-bond donors (Lipinski definition) is 2. The molecule has 0 saturated heterocycles. The van der Waals surface area contributed by atoms with Crippen LogP contribution in [0.2, 0.25) is 0 Å². The number of anilines is 1. The largest absolute Gasteiger partial charge is 0.335 e. The Morgan fingerprint density at radius 2 is 2.06 bits per heavy atom. The Labute approximate surface area is 100 Å². The standard InChI is InChI=1S/C13H17FN2O/c1-9-8-11(6-7-12(9)14)16-13(17)15-10-4-2-3-5-10/h6-8,10H,2-5H2,1H3,(H2,15,16,17). The summed E-state index contributed by atoms with van der Waals surface area (Å²) in [5.74, 6) is -0.258. The molecule has 1 saturated carbocycles. The second-order valence-corrected chi connectivity index (χ2v) is 4.54. The molecule has 0 aliphatic heterocycles. The number of benzene rings is 1. The minimum atomic E-state index is -0.258. The van der Waals surface area contributed by atoms with Crippen molar-refractivity contribution in [3.8, 4) is 0 Å². The van der Waals surface area contributed by atoms with E-state index in [0.29, 0.717) is 11.3 Å². The molecule has 92 valence electrons. The number of nitrogens with one attached hydrogen (secondary N) is 2. The third-order valence-corrected chi connectivity index (χ3v) is 3.11. The monoisotopic (exact) mass is 236 g/mol. The highest BCUT2D eigenvalue weighted by molar-refractivity contribution is 5.89. The zero-order chi connectivity index (χ0) is 12.3. The molecule has 2 amide bonds. The summed E-state index contributed by atoms with van der Waals surface area (Å²) in [5, 5.41) is 5.64. The Kier molecular flexibility index (Phi) is 3.61.